The third kappa shape index (κ3) is 4.14. The number of carbonyl (C=O) groups is 1. The van der Waals surface area contributed by atoms with E-state index in [0.29, 0.717) is 12.1 Å². The molecule has 2 aromatic rings. The highest BCUT2D eigenvalue weighted by atomic mass is 32.2. The third-order valence-electron chi connectivity index (χ3n) is 4.09. The maximum Gasteiger partial charge on any atom is 0.276 e. The highest BCUT2D eigenvalue weighted by Crippen LogP contribution is 2.18. The molecule has 7 nitrogen and oxygen atoms in total. The number of rotatable bonds is 4. The van der Waals surface area contributed by atoms with Crippen LogP contribution in [0.1, 0.15) is 22.6 Å². The first-order valence-electron chi connectivity index (χ1n) is 8.00. The Bertz CT molecular complexity index is 884. The Kier molecular flexibility index (Phi) is 4.71. The summed E-state index contributed by atoms with van der Waals surface area (Å²) in [7, 11) is -1.31. The summed E-state index contributed by atoms with van der Waals surface area (Å²) in [5, 5.41) is 3.04. The number of aryl methyl sites for hydroxylation is 1. The van der Waals surface area contributed by atoms with Gasteiger partial charge in [0.1, 0.15) is 5.69 Å². The number of anilines is 2. The number of amides is 1. The van der Waals surface area contributed by atoms with E-state index in [1.807, 2.05) is 30.3 Å². The fourth-order valence-corrected chi connectivity index (χ4v) is 4.45. The van der Waals surface area contributed by atoms with Crippen molar-refractivity contribution in [2.45, 2.75) is 19.4 Å². The smallest absolute Gasteiger partial charge is 0.276 e. The van der Waals surface area contributed by atoms with Gasteiger partial charge >= 0.3 is 0 Å². The molecule has 0 radical (unpaired) electrons. The molecule has 1 aromatic heterocycles. The van der Waals surface area contributed by atoms with Gasteiger partial charge in [0, 0.05) is 24.5 Å². The number of benzene rings is 1. The third-order valence-corrected chi connectivity index (χ3v) is 5.86. The van der Waals surface area contributed by atoms with E-state index in [-0.39, 0.29) is 35.1 Å². The van der Waals surface area contributed by atoms with Crippen LogP contribution in [-0.2, 0) is 9.84 Å². The van der Waals surface area contributed by atoms with Crippen LogP contribution in [0.5, 0.6) is 0 Å². The van der Waals surface area contributed by atoms with Crippen LogP contribution in [0.4, 0.5) is 11.6 Å². The number of hydrogen-bond acceptors (Lipinski definition) is 6. The van der Waals surface area contributed by atoms with Crippen LogP contribution in [0, 0.1) is 6.92 Å². The van der Waals surface area contributed by atoms with Crippen molar-refractivity contribution >= 4 is 27.4 Å². The van der Waals surface area contributed by atoms with Gasteiger partial charge in [-0.05, 0) is 31.5 Å². The van der Waals surface area contributed by atoms with Crippen LogP contribution in [0.25, 0.3) is 0 Å². The van der Waals surface area contributed by atoms with Crippen LogP contribution in [0.3, 0.4) is 0 Å². The Hall–Kier alpha value is -2.48. The second-order valence-corrected chi connectivity index (χ2v) is 8.39. The molecule has 1 fully saturated rings. The lowest BCUT2D eigenvalue weighted by molar-refractivity contribution is 0.0988. The Balaban J connectivity index is 1.80. The largest absolute Gasteiger partial charge is 0.350 e. The maximum absolute atomic E-state index is 12.7. The molecule has 1 aromatic carbocycles. The summed E-state index contributed by atoms with van der Waals surface area (Å²) >= 11 is 0. The van der Waals surface area contributed by atoms with Crippen molar-refractivity contribution in [3.05, 3.63) is 47.8 Å². The van der Waals surface area contributed by atoms with Crippen molar-refractivity contribution in [2.75, 3.05) is 28.8 Å². The predicted octanol–water partition coefficient (Wildman–Crippen LogP) is 1.66. The molecule has 25 heavy (non-hydrogen) atoms. The second-order valence-electron chi connectivity index (χ2n) is 6.16. The first kappa shape index (κ1) is 17.3. The van der Waals surface area contributed by atoms with E-state index in [0.717, 1.165) is 5.69 Å². The van der Waals surface area contributed by atoms with Gasteiger partial charge in [0.25, 0.3) is 5.91 Å². The van der Waals surface area contributed by atoms with Gasteiger partial charge in [-0.2, -0.15) is 0 Å². The topological polar surface area (TPSA) is 92.3 Å². The maximum atomic E-state index is 12.7. The zero-order valence-corrected chi connectivity index (χ0v) is 15.0. The number of sulfone groups is 1. The van der Waals surface area contributed by atoms with E-state index in [1.165, 1.54) is 4.90 Å². The number of aromatic nitrogens is 2. The van der Waals surface area contributed by atoms with Crippen LogP contribution in [0.15, 0.2) is 36.4 Å². The number of carbonyl (C=O) groups excluding carboxylic acids is 1. The quantitative estimate of drug-likeness (QED) is 0.891. The summed E-state index contributed by atoms with van der Waals surface area (Å²) in [4.78, 5) is 22.8. The van der Waals surface area contributed by atoms with E-state index in [9.17, 15) is 13.2 Å². The van der Waals surface area contributed by atoms with Crippen LogP contribution in [0.2, 0.25) is 0 Å². The van der Waals surface area contributed by atoms with E-state index >= 15 is 0 Å². The van der Waals surface area contributed by atoms with Gasteiger partial charge in [-0.25, -0.2) is 18.4 Å². The Labute approximate surface area is 147 Å². The van der Waals surface area contributed by atoms with Crippen molar-refractivity contribution in [1.29, 1.82) is 0 Å². The summed E-state index contributed by atoms with van der Waals surface area (Å²) in [5.41, 5.74) is 1.67. The normalized spacial score (nSPS) is 18.7. The molecule has 1 atom stereocenters. The van der Waals surface area contributed by atoms with Crippen LogP contribution < -0.4 is 10.2 Å². The van der Waals surface area contributed by atoms with E-state index in [1.54, 1.807) is 20.0 Å². The van der Waals surface area contributed by atoms with Gasteiger partial charge in [-0.1, -0.05) is 18.2 Å². The second kappa shape index (κ2) is 6.79. The van der Waals surface area contributed by atoms with E-state index in [4.69, 9.17) is 0 Å². The van der Waals surface area contributed by atoms with Gasteiger partial charge in [0.05, 0.1) is 11.5 Å². The molecule has 132 valence electrons. The molecule has 1 saturated heterocycles. The number of nitrogens with one attached hydrogen (secondary N) is 1. The van der Waals surface area contributed by atoms with Crippen LogP contribution in [-0.4, -0.2) is 48.9 Å². The lowest BCUT2D eigenvalue weighted by atomic mass is 10.2. The minimum atomic E-state index is -2.99. The first-order chi connectivity index (χ1) is 11.8. The van der Waals surface area contributed by atoms with Crippen molar-refractivity contribution in [3.8, 4) is 0 Å². The molecule has 2 heterocycles. The average molecular weight is 360 g/mol. The molecular formula is C17H20N4O3S. The van der Waals surface area contributed by atoms with Gasteiger partial charge < -0.3 is 10.2 Å². The molecule has 0 saturated carbocycles. The SMILES string of the molecule is Cc1cc(C(=O)N(C)c2ccccc2)nc(NC2CCS(=O)(=O)C2)n1. The fraction of sp³-hybridized carbons (Fsp3) is 0.353. The number of hydrogen-bond donors (Lipinski definition) is 1. The van der Waals surface area contributed by atoms with Crippen molar-refractivity contribution < 1.29 is 13.2 Å². The van der Waals surface area contributed by atoms with E-state index in [2.05, 4.69) is 15.3 Å². The Morgan fingerprint density at radius 1 is 1.24 bits per heavy atom. The predicted molar refractivity (Wildman–Crippen MR) is 96.6 cm³/mol. The summed E-state index contributed by atoms with van der Waals surface area (Å²) in [6.07, 6.45) is 0.521. The van der Waals surface area contributed by atoms with Crippen molar-refractivity contribution in [1.82, 2.24) is 9.97 Å². The van der Waals surface area contributed by atoms with Crippen molar-refractivity contribution in [2.24, 2.45) is 0 Å². The number of nitrogens with zero attached hydrogens (tertiary/aromatic N) is 3. The minimum Gasteiger partial charge on any atom is -0.350 e. The monoisotopic (exact) mass is 360 g/mol. The Morgan fingerprint density at radius 2 is 1.96 bits per heavy atom. The molecule has 0 aliphatic carbocycles. The standard InChI is InChI=1S/C17H20N4O3S/c1-12-10-15(16(22)21(2)14-6-4-3-5-7-14)20-17(18-12)19-13-8-9-25(23,24)11-13/h3-7,10,13H,8-9,11H2,1-2H3,(H,18,19,20). The lowest BCUT2D eigenvalue weighted by Crippen LogP contribution is -2.28. The first-order valence-corrected chi connectivity index (χ1v) is 9.82. The molecule has 1 aliphatic heterocycles. The molecule has 0 spiro atoms. The zero-order valence-electron chi connectivity index (χ0n) is 14.1. The molecule has 3 rings (SSSR count). The van der Waals surface area contributed by atoms with Crippen molar-refractivity contribution in [3.63, 3.8) is 0 Å². The number of para-hydroxylation sites is 1. The van der Waals surface area contributed by atoms with Gasteiger partial charge in [-0.15, -0.1) is 0 Å². The highest BCUT2D eigenvalue weighted by Gasteiger charge is 2.28. The molecule has 1 unspecified atom stereocenters. The van der Waals surface area contributed by atoms with Gasteiger partial charge in [0.15, 0.2) is 9.84 Å². The Morgan fingerprint density at radius 3 is 2.60 bits per heavy atom. The minimum absolute atomic E-state index is 0.0670. The summed E-state index contributed by atoms with van der Waals surface area (Å²) in [6, 6.07) is 10.7. The lowest BCUT2D eigenvalue weighted by Gasteiger charge is -2.18. The summed E-state index contributed by atoms with van der Waals surface area (Å²) < 4.78 is 23.2. The summed E-state index contributed by atoms with van der Waals surface area (Å²) in [5.74, 6) is 0.266. The molecule has 1 aliphatic rings. The average Bonchev–Trinajstić information content (AvgIpc) is 2.92. The molecule has 8 heteroatoms. The summed E-state index contributed by atoms with van der Waals surface area (Å²) in [6.45, 7) is 1.78. The van der Waals surface area contributed by atoms with Crippen LogP contribution >= 0.6 is 0 Å². The van der Waals surface area contributed by atoms with Gasteiger partial charge in [-0.3, -0.25) is 4.79 Å². The molecule has 0 bridgehead atoms. The highest BCUT2D eigenvalue weighted by molar-refractivity contribution is 7.91. The molecular weight excluding hydrogens is 340 g/mol. The van der Waals surface area contributed by atoms with Gasteiger partial charge in [0.2, 0.25) is 5.95 Å². The zero-order chi connectivity index (χ0) is 18.0. The molecule has 1 N–H and O–H groups in total. The molecule has 1 amide bonds. The van der Waals surface area contributed by atoms with E-state index < -0.39 is 9.84 Å². The fourth-order valence-electron chi connectivity index (χ4n) is 2.77.